The number of hydrogen-bond acceptors (Lipinski definition) is 5. The number of rotatable bonds is 18. The van der Waals surface area contributed by atoms with Crippen molar-refractivity contribution in [1.29, 1.82) is 0 Å². The molecule has 2 rings (SSSR count). The molecule has 2 saturated carbocycles. The normalized spacial score (nSPS) is 22.5. The highest BCUT2D eigenvalue weighted by molar-refractivity contribution is 5.83. The van der Waals surface area contributed by atoms with Gasteiger partial charge in [-0.3, -0.25) is 19.8 Å². The summed E-state index contributed by atoms with van der Waals surface area (Å²) >= 11 is 0. The van der Waals surface area contributed by atoms with E-state index >= 15 is 0 Å². The lowest BCUT2D eigenvalue weighted by molar-refractivity contribution is -0.139. The average Bonchev–Trinajstić information content (AvgIpc) is 2.98. The van der Waals surface area contributed by atoms with Gasteiger partial charge in [-0.25, -0.2) is 5.01 Å². The van der Waals surface area contributed by atoms with E-state index in [2.05, 4.69) is 37.4 Å². The number of aliphatic hydroxyl groups is 1. The molecule has 5 unspecified atom stereocenters. The fourth-order valence-electron chi connectivity index (χ4n) is 6.88. The van der Waals surface area contributed by atoms with Crippen molar-refractivity contribution in [1.82, 2.24) is 20.7 Å². The zero-order chi connectivity index (χ0) is 31.8. The van der Waals surface area contributed by atoms with Gasteiger partial charge in [0.05, 0.1) is 12.1 Å². The number of amides is 3. The van der Waals surface area contributed by atoms with Gasteiger partial charge in [0.25, 0.3) is 0 Å². The molecule has 8 heteroatoms. The molecule has 2 aliphatic carbocycles. The van der Waals surface area contributed by atoms with Gasteiger partial charge in [0.15, 0.2) is 0 Å². The number of aliphatic hydroxyl groups excluding tert-OH is 1. The van der Waals surface area contributed by atoms with Gasteiger partial charge in [-0.2, -0.15) is 0 Å². The van der Waals surface area contributed by atoms with Crippen molar-refractivity contribution in [2.24, 2.45) is 29.6 Å². The summed E-state index contributed by atoms with van der Waals surface area (Å²) in [6, 6.07) is -0.432. The number of nitrogens with zero attached hydrogens (tertiary/aromatic N) is 2. The van der Waals surface area contributed by atoms with Crippen molar-refractivity contribution < 1.29 is 19.5 Å². The van der Waals surface area contributed by atoms with Crippen LogP contribution in [0.3, 0.4) is 0 Å². The van der Waals surface area contributed by atoms with Crippen LogP contribution in [-0.4, -0.2) is 71.1 Å². The van der Waals surface area contributed by atoms with Gasteiger partial charge in [0.1, 0.15) is 0 Å². The smallest absolute Gasteiger partial charge is 0.234 e. The molecule has 0 radical (unpaired) electrons. The Morgan fingerprint density at radius 2 is 1.58 bits per heavy atom. The van der Waals surface area contributed by atoms with Crippen LogP contribution in [0.5, 0.6) is 0 Å². The first-order valence-electron chi connectivity index (χ1n) is 17.4. The highest BCUT2D eigenvalue weighted by atomic mass is 16.3. The van der Waals surface area contributed by atoms with Crippen LogP contribution in [0.1, 0.15) is 125 Å². The molecule has 0 saturated heterocycles. The molecule has 0 aliphatic heterocycles. The van der Waals surface area contributed by atoms with E-state index in [1.807, 2.05) is 23.8 Å². The topological polar surface area (TPSA) is 102 Å². The fraction of sp³-hybridized carbons (Fsp3) is 0.857. The molecule has 0 spiro atoms. The van der Waals surface area contributed by atoms with Crippen LogP contribution in [0.4, 0.5) is 0 Å². The third-order valence-electron chi connectivity index (χ3n) is 9.13. The molecule has 5 atom stereocenters. The second-order valence-corrected chi connectivity index (χ2v) is 13.6. The summed E-state index contributed by atoms with van der Waals surface area (Å²) in [6.07, 6.45) is 17.3. The van der Waals surface area contributed by atoms with Crippen LogP contribution in [0.2, 0.25) is 0 Å². The van der Waals surface area contributed by atoms with Gasteiger partial charge in [0.2, 0.25) is 17.7 Å². The van der Waals surface area contributed by atoms with Crippen molar-refractivity contribution in [3.05, 3.63) is 0 Å². The largest absolute Gasteiger partial charge is 0.390 e. The average molecular weight is 603 g/mol. The van der Waals surface area contributed by atoms with Gasteiger partial charge in [-0.15, -0.1) is 12.3 Å². The summed E-state index contributed by atoms with van der Waals surface area (Å²) in [7, 11) is 0. The van der Waals surface area contributed by atoms with E-state index in [-0.39, 0.29) is 47.9 Å². The molecule has 8 nitrogen and oxygen atoms in total. The van der Waals surface area contributed by atoms with Gasteiger partial charge in [-0.05, 0) is 56.8 Å². The molecule has 43 heavy (non-hydrogen) atoms. The molecule has 3 N–H and O–H groups in total. The molecule has 2 fully saturated rings. The third kappa shape index (κ3) is 13.2. The highest BCUT2D eigenvalue weighted by Crippen LogP contribution is 2.35. The maximum absolute atomic E-state index is 13.9. The fourth-order valence-corrected chi connectivity index (χ4v) is 6.88. The summed E-state index contributed by atoms with van der Waals surface area (Å²) in [4.78, 5) is 41.9. The molecule has 0 aromatic carbocycles. The maximum atomic E-state index is 13.9. The van der Waals surface area contributed by atoms with Crippen molar-refractivity contribution in [2.75, 3.05) is 26.2 Å². The molecule has 0 aromatic heterocycles. The summed E-state index contributed by atoms with van der Waals surface area (Å²) in [5.41, 5.74) is 3.01. The Kier molecular flexibility index (Phi) is 17.3. The lowest BCUT2D eigenvalue weighted by atomic mass is 9.74. The van der Waals surface area contributed by atoms with E-state index in [1.54, 1.807) is 0 Å². The SMILES string of the molecule is C#CC1CC(C(=O)NC(CC2CCCCC2)C(O)CN(CCCC)NC(=O)CC(C)C)CC(C(=O)N(CCC)CCC)C1. The lowest BCUT2D eigenvalue weighted by Gasteiger charge is -2.37. The zero-order valence-corrected chi connectivity index (χ0v) is 27.9. The van der Waals surface area contributed by atoms with Crippen molar-refractivity contribution in [3.63, 3.8) is 0 Å². The van der Waals surface area contributed by atoms with Crippen molar-refractivity contribution >= 4 is 17.7 Å². The zero-order valence-electron chi connectivity index (χ0n) is 27.9. The van der Waals surface area contributed by atoms with Crippen molar-refractivity contribution in [2.45, 2.75) is 137 Å². The molecular weight excluding hydrogens is 540 g/mol. The first-order valence-corrected chi connectivity index (χ1v) is 17.4. The van der Waals surface area contributed by atoms with Crippen LogP contribution in [-0.2, 0) is 14.4 Å². The monoisotopic (exact) mass is 602 g/mol. The van der Waals surface area contributed by atoms with Crippen LogP contribution in [0, 0.1) is 41.9 Å². The predicted molar refractivity (Wildman–Crippen MR) is 174 cm³/mol. The van der Waals surface area contributed by atoms with Crippen LogP contribution in [0.25, 0.3) is 0 Å². The summed E-state index contributed by atoms with van der Waals surface area (Å²) in [5, 5.41) is 16.7. The Hall–Kier alpha value is -2.11. The Morgan fingerprint density at radius 1 is 0.930 bits per heavy atom. The van der Waals surface area contributed by atoms with E-state index in [0.717, 1.165) is 51.6 Å². The highest BCUT2D eigenvalue weighted by Gasteiger charge is 2.38. The molecular formula is C35H62N4O4. The summed E-state index contributed by atoms with van der Waals surface area (Å²) in [6.45, 7) is 12.6. The lowest BCUT2D eigenvalue weighted by Crippen LogP contribution is -2.54. The molecule has 246 valence electrons. The van der Waals surface area contributed by atoms with E-state index in [1.165, 1.54) is 19.3 Å². The number of nitrogens with one attached hydrogen (secondary N) is 2. The van der Waals surface area contributed by atoms with Gasteiger partial charge in [-0.1, -0.05) is 73.1 Å². The molecule has 0 aromatic rings. The second-order valence-electron chi connectivity index (χ2n) is 13.6. The first-order chi connectivity index (χ1) is 20.6. The Balaban J connectivity index is 2.19. The number of hydrazine groups is 1. The van der Waals surface area contributed by atoms with Crippen LogP contribution in [0.15, 0.2) is 0 Å². The van der Waals surface area contributed by atoms with Crippen LogP contribution < -0.4 is 10.7 Å². The van der Waals surface area contributed by atoms with Crippen LogP contribution >= 0.6 is 0 Å². The summed E-state index contributed by atoms with van der Waals surface area (Å²) < 4.78 is 0. The Morgan fingerprint density at radius 3 is 2.16 bits per heavy atom. The van der Waals surface area contributed by atoms with Gasteiger partial charge >= 0.3 is 0 Å². The second kappa shape index (κ2) is 20.0. The van der Waals surface area contributed by atoms with Gasteiger partial charge < -0.3 is 15.3 Å². The van der Waals surface area contributed by atoms with E-state index in [4.69, 9.17) is 6.42 Å². The number of carbonyl (C=O) groups is 3. The molecule has 3 amide bonds. The van der Waals surface area contributed by atoms with E-state index < -0.39 is 12.1 Å². The Labute approximate surface area is 262 Å². The van der Waals surface area contributed by atoms with Gasteiger partial charge in [0, 0.05) is 50.4 Å². The van der Waals surface area contributed by atoms with E-state index in [0.29, 0.717) is 44.6 Å². The Bertz CT molecular complexity index is 876. The number of unbranched alkanes of at least 4 members (excludes halogenated alkanes) is 1. The first kappa shape index (κ1) is 37.1. The van der Waals surface area contributed by atoms with Crippen molar-refractivity contribution in [3.8, 4) is 12.3 Å². The minimum absolute atomic E-state index is 0.0513. The number of hydrogen-bond donors (Lipinski definition) is 3. The standard InChI is InChI=1S/C35H62N4O4/c1-7-11-19-39(37-33(41)20-26(5)6)25-32(40)31(23-28-15-13-12-14-16-28)36-34(42)29-21-27(10-4)22-30(24-29)35(43)38(17-8-2)18-9-3/h4,26-32,40H,7-9,11-25H2,1-3,5-6H3,(H,36,42)(H,37,41). The maximum Gasteiger partial charge on any atom is 0.234 e. The third-order valence-corrected chi connectivity index (χ3v) is 9.13. The molecule has 0 bridgehead atoms. The van der Waals surface area contributed by atoms with E-state index in [9.17, 15) is 19.5 Å². The quantitative estimate of drug-likeness (QED) is 0.146. The molecule has 2 aliphatic rings. The predicted octanol–water partition coefficient (Wildman–Crippen LogP) is 5.30. The summed E-state index contributed by atoms with van der Waals surface area (Å²) in [5.74, 6) is 2.75. The minimum atomic E-state index is -0.837. The minimum Gasteiger partial charge on any atom is -0.390 e. The number of terminal acetylenes is 1. The number of carbonyl (C=O) groups excluding carboxylic acids is 3. The molecule has 0 heterocycles.